The summed E-state index contributed by atoms with van der Waals surface area (Å²) in [6, 6.07) is 0. The molecule has 2 N–H and O–H groups in total. The van der Waals surface area contributed by atoms with E-state index in [1.807, 2.05) is 0 Å². The van der Waals surface area contributed by atoms with Crippen molar-refractivity contribution in [2.75, 3.05) is 0 Å². The standard InChI is InChI=1S/C10H18O4.C6H14/c11-9(12)7-5-3-1-2-4-6-8-10(13)14;1-4-6(3)5-2/h1-8H2,(H,11,12)(H,13,14);6H,4-5H2,1-3H3. The normalized spacial score (nSPS) is 10.0. The second-order valence-corrected chi connectivity index (χ2v) is 5.33. The van der Waals surface area contributed by atoms with Gasteiger partial charge < -0.3 is 10.2 Å². The zero-order valence-corrected chi connectivity index (χ0v) is 13.4. The molecule has 0 amide bonds. The monoisotopic (exact) mass is 288 g/mol. The predicted molar refractivity (Wildman–Crippen MR) is 82.0 cm³/mol. The van der Waals surface area contributed by atoms with Crippen molar-refractivity contribution in [3.05, 3.63) is 0 Å². The van der Waals surface area contributed by atoms with Crippen molar-refractivity contribution >= 4 is 11.9 Å². The van der Waals surface area contributed by atoms with Crippen LogP contribution in [0.4, 0.5) is 0 Å². The summed E-state index contributed by atoms with van der Waals surface area (Å²) < 4.78 is 0. The van der Waals surface area contributed by atoms with Gasteiger partial charge in [-0.1, -0.05) is 59.3 Å². The fourth-order valence-corrected chi connectivity index (χ4v) is 1.55. The van der Waals surface area contributed by atoms with Gasteiger partial charge >= 0.3 is 11.9 Å². The van der Waals surface area contributed by atoms with Crippen LogP contribution < -0.4 is 0 Å². The van der Waals surface area contributed by atoms with Crippen molar-refractivity contribution in [2.45, 2.75) is 85.0 Å². The van der Waals surface area contributed by atoms with E-state index in [9.17, 15) is 9.59 Å². The first-order valence-corrected chi connectivity index (χ1v) is 7.87. The van der Waals surface area contributed by atoms with Crippen LogP contribution in [0.3, 0.4) is 0 Å². The number of aliphatic carboxylic acids is 2. The average molecular weight is 288 g/mol. The first-order valence-electron chi connectivity index (χ1n) is 7.87. The molecule has 0 atom stereocenters. The molecule has 4 nitrogen and oxygen atoms in total. The topological polar surface area (TPSA) is 74.6 Å². The lowest BCUT2D eigenvalue weighted by molar-refractivity contribution is -0.138. The molecule has 0 heterocycles. The fraction of sp³-hybridized carbons (Fsp3) is 0.875. The molecule has 0 aliphatic rings. The lowest BCUT2D eigenvalue weighted by Crippen LogP contribution is -1.94. The number of rotatable bonds is 11. The molecule has 0 aliphatic carbocycles. The Morgan fingerprint density at radius 1 is 0.750 bits per heavy atom. The molecule has 0 aromatic carbocycles. The highest BCUT2D eigenvalue weighted by Gasteiger charge is 1.98. The highest BCUT2D eigenvalue weighted by molar-refractivity contribution is 5.66. The summed E-state index contributed by atoms with van der Waals surface area (Å²) in [5.41, 5.74) is 0. The summed E-state index contributed by atoms with van der Waals surface area (Å²) in [6.45, 7) is 6.74. The molecular weight excluding hydrogens is 256 g/mol. The molecule has 4 heteroatoms. The lowest BCUT2D eigenvalue weighted by atomic mass is 10.1. The van der Waals surface area contributed by atoms with Gasteiger partial charge in [0.15, 0.2) is 0 Å². The van der Waals surface area contributed by atoms with Crippen molar-refractivity contribution < 1.29 is 19.8 Å². The van der Waals surface area contributed by atoms with Gasteiger partial charge in [0.2, 0.25) is 0 Å². The number of carboxylic acids is 2. The maximum atomic E-state index is 10.1. The summed E-state index contributed by atoms with van der Waals surface area (Å²) in [6.07, 6.45) is 8.48. The van der Waals surface area contributed by atoms with E-state index in [0.717, 1.165) is 44.4 Å². The van der Waals surface area contributed by atoms with Crippen LogP contribution in [0.5, 0.6) is 0 Å². The van der Waals surface area contributed by atoms with Gasteiger partial charge in [0.05, 0.1) is 0 Å². The van der Waals surface area contributed by atoms with Crippen LogP contribution in [-0.4, -0.2) is 22.2 Å². The molecule has 0 unspecified atom stereocenters. The molecular formula is C16H32O4. The number of hydrogen-bond donors (Lipinski definition) is 2. The van der Waals surface area contributed by atoms with Crippen molar-refractivity contribution in [2.24, 2.45) is 5.92 Å². The molecule has 0 fully saturated rings. The van der Waals surface area contributed by atoms with Gasteiger partial charge in [-0.15, -0.1) is 0 Å². The van der Waals surface area contributed by atoms with Crippen LogP contribution in [0.15, 0.2) is 0 Å². The maximum absolute atomic E-state index is 10.1. The van der Waals surface area contributed by atoms with Gasteiger partial charge in [-0.05, 0) is 18.8 Å². The van der Waals surface area contributed by atoms with E-state index in [1.165, 1.54) is 12.8 Å². The van der Waals surface area contributed by atoms with E-state index in [-0.39, 0.29) is 12.8 Å². The van der Waals surface area contributed by atoms with Gasteiger partial charge in [-0.3, -0.25) is 9.59 Å². The minimum Gasteiger partial charge on any atom is -0.481 e. The third-order valence-electron chi connectivity index (χ3n) is 3.43. The van der Waals surface area contributed by atoms with Crippen LogP contribution in [0.2, 0.25) is 0 Å². The molecule has 0 aromatic heterocycles. The number of hydrogen-bond acceptors (Lipinski definition) is 2. The van der Waals surface area contributed by atoms with E-state index in [4.69, 9.17) is 10.2 Å². The molecule has 0 radical (unpaired) electrons. The first kappa shape index (κ1) is 21.2. The highest BCUT2D eigenvalue weighted by atomic mass is 16.4. The smallest absolute Gasteiger partial charge is 0.303 e. The third-order valence-corrected chi connectivity index (χ3v) is 3.43. The molecule has 20 heavy (non-hydrogen) atoms. The van der Waals surface area contributed by atoms with E-state index >= 15 is 0 Å². The molecule has 0 saturated carbocycles. The second kappa shape index (κ2) is 16.0. The summed E-state index contributed by atoms with van der Waals surface area (Å²) in [4.78, 5) is 20.3. The van der Waals surface area contributed by atoms with Gasteiger partial charge in [0.25, 0.3) is 0 Å². The Hall–Kier alpha value is -1.06. The second-order valence-electron chi connectivity index (χ2n) is 5.33. The molecule has 0 aliphatic heterocycles. The Morgan fingerprint density at radius 3 is 1.25 bits per heavy atom. The van der Waals surface area contributed by atoms with Crippen LogP contribution >= 0.6 is 0 Å². The van der Waals surface area contributed by atoms with Crippen molar-refractivity contribution in [1.29, 1.82) is 0 Å². The summed E-state index contributed by atoms with van der Waals surface area (Å²) in [5, 5.41) is 16.7. The van der Waals surface area contributed by atoms with E-state index in [0.29, 0.717) is 0 Å². The zero-order valence-electron chi connectivity index (χ0n) is 13.4. The molecule has 120 valence electrons. The van der Waals surface area contributed by atoms with Crippen molar-refractivity contribution in [3.8, 4) is 0 Å². The SMILES string of the molecule is CCC(C)CC.O=C(O)CCCCCCCCC(=O)O. The maximum Gasteiger partial charge on any atom is 0.303 e. The Kier molecular flexibility index (Phi) is 17.0. The lowest BCUT2D eigenvalue weighted by Gasteiger charge is -1.98. The molecule has 0 spiro atoms. The summed E-state index contributed by atoms with van der Waals surface area (Å²) in [7, 11) is 0. The molecule has 0 aromatic rings. The van der Waals surface area contributed by atoms with Crippen LogP contribution in [-0.2, 0) is 9.59 Å². The van der Waals surface area contributed by atoms with Crippen LogP contribution in [0.1, 0.15) is 85.0 Å². The quantitative estimate of drug-likeness (QED) is 0.539. The Balaban J connectivity index is 0. The minimum absolute atomic E-state index is 0.245. The molecule has 0 rings (SSSR count). The van der Waals surface area contributed by atoms with Gasteiger partial charge in [0.1, 0.15) is 0 Å². The van der Waals surface area contributed by atoms with E-state index in [1.54, 1.807) is 0 Å². The number of carboxylic acid groups (broad SMARTS) is 2. The zero-order chi connectivity index (χ0) is 15.8. The molecule has 0 bridgehead atoms. The van der Waals surface area contributed by atoms with E-state index in [2.05, 4.69) is 20.8 Å². The Labute approximate surface area is 123 Å². The van der Waals surface area contributed by atoms with Gasteiger partial charge in [0, 0.05) is 12.8 Å². The van der Waals surface area contributed by atoms with Crippen molar-refractivity contribution in [1.82, 2.24) is 0 Å². The Bertz CT molecular complexity index is 215. The largest absolute Gasteiger partial charge is 0.481 e. The van der Waals surface area contributed by atoms with Crippen LogP contribution in [0.25, 0.3) is 0 Å². The average Bonchev–Trinajstić information content (AvgIpc) is 2.40. The number of carbonyl (C=O) groups is 2. The third kappa shape index (κ3) is 22.1. The number of unbranched alkanes of at least 4 members (excludes halogenated alkanes) is 5. The predicted octanol–water partition coefficient (Wildman–Crippen LogP) is 4.72. The fourth-order valence-electron chi connectivity index (χ4n) is 1.55. The van der Waals surface area contributed by atoms with E-state index < -0.39 is 11.9 Å². The first-order chi connectivity index (χ1) is 9.43. The highest BCUT2D eigenvalue weighted by Crippen LogP contribution is 2.08. The molecule has 0 saturated heterocycles. The van der Waals surface area contributed by atoms with Gasteiger partial charge in [-0.25, -0.2) is 0 Å². The van der Waals surface area contributed by atoms with Gasteiger partial charge in [-0.2, -0.15) is 0 Å². The van der Waals surface area contributed by atoms with Crippen LogP contribution in [0, 0.1) is 5.92 Å². The Morgan fingerprint density at radius 2 is 1.05 bits per heavy atom. The minimum atomic E-state index is -0.740. The van der Waals surface area contributed by atoms with Crippen molar-refractivity contribution in [3.63, 3.8) is 0 Å². The summed E-state index contributed by atoms with van der Waals surface area (Å²) in [5.74, 6) is -0.545. The summed E-state index contributed by atoms with van der Waals surface area (Å²) >= 11 is 0.